The number of carbonyl (C=O) groups is 3. The Hall–Kier alpha value is -4.97. The number of aldehydes is 2. The SMILES string of the molecule is CC.CC(C)C(C=O)c1cc(-c2cnc3cc(-c4cc5c(cc4C(F)F)N(c4nn(C6CCOCC6)c6c4CN(C)CC6)CCC5)ccn23)no1.CC=O.CCCNC=O.CNCCC1CS1. The number of rotatable bonds is 14. The number of hydrogen-bond donors (Lipinski definition) is 2. The first kappa shape index (κ1) is 53.0. The number of halogens is 2. The van der Waals surface area contributed by atoms with Gasteiger partial charge in [-0.15, -0.1) is 0 Å². The topological polar surface area (TPSA) is 152 Å². The molecule has 4 aromatic heterocycles. The average molecular weight is 948 g/mol. The van der Waals surface area contributed by atoms with Gasteiger partial charge in [-0.2, -0.15) is 16.9 Å². The van der Waals surface area contributed by atoms with E-state index in [-0.39, 0.29) is 11.5 Å². The van der Waals surface area contributed by atoms with Crippen LogP contribution in [0.2, 0.25) is 0 Å². The zero-order chi connectivity index (χ0) is 48.5. The Morgan fingerprint density at radius 2 is 1.78 bits per heavy atom. The normalized spacial score (nSPS) is 17.0. The molecule has 2 N–H and O–H groups in total. The van der Waals surface area contributed by atoms with Crippen molar-refractivity contribution >= 4 is 47.9 Å². The van der Waals surface area contributed by atoms with Gasteiger partial charge in [0, 0.05) is 91.6 Å². The molecule has 14 nitrogen and oxygen atoms in total. The zero-order valence-electron chi connectivity index (χ0n) is 40.6. The first-order valence-electron chi connectivity index (χ1n) is 23.9. The molecule has 2 atom stereocenters. The highest BCUT2D eigenvalue weighted by atomic mass is 32.2. The van der Waals surface area contributed by atoms with E-state index < -0.39 is 12.3 Å². The number of benzene rings is 1. The third kappa shape index (κ3) is 13.6. The Balaban J connectivity index is 0.000000397. The fourth-order valence-electron chi connectivity index (χ4n) is 8.51. The van der Waals surface area contributed by atoms with Crippen molar-refractivity contribution < 1.29 is 32.4 Å². The summed E-state index contributed by atoms with van der Waals surface area (Å²) in [6.45, 7) is 17.3. The minimum atomic E-state index is -2.67. The number of thioether (sulfide) groups is 1. The van der Waals surface area contributed by atoms with Gasteiger partial charge in [-0.25, -0.2) is 13.8 Å². The number of amides is 1. The van der Waals surface area contributed by atoms with Crippen molar-refractivity contribution in [3.05, 3.63) is 70.9 Å². The summed E-state index contributed by atoms with van der Waals surface area (Å²) >= 11 is 2.07. The van der Waals surface area contributed by atoms with Gasteiger partial charge in [-0.3, -0.25) is 13.9 Å². The van der Waals surface area contributed by atoms with E-state index in [1.54, 1.807) is 18.3 Å². The van der Waals surface area contributed by atoms with Crippen molar-refractivity contribution in [1.29, 1.82) is 0 Å². The highest BCUT2D eigenvalue weighted by Crippen LogP contribution is 2.44. The van der Waals surface area contributed by atoms with Crippen molar-refractivity contribution in [2.45, 2.75) is 117 Å². The van der Waals surface area contributed by atoms with Gasteiger partial charge in [0.05, 0.1) is 23.9 Å². The van der Waals surface area contributed by atoms with E-state index >= 15 is 0 Å². The first-order valence-corrected chi connectivity index (χ1v) is 24.9. The molecular weight excluding hydrogens is 877 g/mol. The van der Waals surface area contributed by atoms with Crippen LogP contribution in [0.3, 0.4) is 0 Å². The summed E-state index contributed by atoms with van der Waals surface area (Å²) in [6, 6.07) is 9.38. The van der Waals surface area contributed by atoms with Crippen LogP contribution in [-0.2, 0) is 38.5 Å². The molecule has 0 bridgehead atoms. The van der Waals surface area contributed by atoms with Crippen molar-refractivity contribution in [2.75, 3.05) is 64.1 Å². The molecule has 366 valence electrons. The molecule has 0 spiro atoms. The van der Waals surface area contributed by atoms with Crippen LogP contribution in [0.5, 0.6) is 0 Å². The van der Waals surface area contributed by atoms with Crippen LogP contribution in [0.4, 0.5) is 20.3 Å². The predicted molar refractivity (Wildman–Crippen MR) is 264 cm³/mol. The maximum Gasteiger partial charge on any atom is 0.264 e. The second kappa shape index (κ2) is 26.5. The number of anilines is 2. The van der Waals surface area contributed by atoms with Gasteiger partial charge in [0.2, 0.25) is 6.41 Å². The molecule has 9 rings (SSSR count). The lowest BCUT2D eigenvalue weighted by Gasteiger charge is -2.33. The molecule has 0 aliphatic carbocycles. The Morgan fingerprint density at radius 1 is 1.03 bits per heavy atom. The number of aryl methyl sites for hydroxylation is 1. The maximum atomic E-state index is 15.0. The van der Waals surface area contributed by atoms with Crippen molar-refractivity contribution in [3.8, 4) is 22.5 Å². The smallest absolute Gasteiger partial charge is 0.264 e. The molecule has 2 unspecified atom stereocenters. The summed E-state index contributed by atoms with van der Waals surface area (Å²) in [5, 5.41) is 16.1. The van der Waals surface area contributed by atoms with Crippen LogP contribution in [0, 0.1) is 5.92 Å². The van der Waals surface area contributed by atoms with Crippen LogP contribution in [-0.4, -0.2) is 113 Å². The summed E-state index contributed by atoms with van der Waals surface area (Å²) < 4.78 is 45.2. The number of aromatic nitrogens is 5. The number of pyridine rings is 1. The van der Waals surface area contributed by atoms with Crippen LogP contribution < -0.4 is 15.5 Å². The van der Waals surface area contributed by atoms with E-state index in [0.29, 0.717) is 46.4 Å². The van der Waals surface area contributed by atoms with E-state index in [0.717, 1.165) is 113 Å². The lowest BCUT2D eigenvalue weighted by atomic mass is 9.92. The van der Waals surface area contributed by atoms with Crippen molar-refractivity contribution in [1.82, 2.24) is 39.9 Å². The molecule has 4 aliphatic rings. The monoisotopic (exact) mass is 948 g/mol. The van der Waals surface area contributed by atoms with Gasteiger partial charge < -0.3 is 39.3 Å². The van der Waals surface area contributed by atoms with Gasteiger partial charge in [-0.1, -0.05) is 39.8 Å². The molecule has 1 aromatic carbocycles. The fraction of sp³-hybridized carbons (Fsp3) is 0.560. The number of fused-ring (bicyclic) bond motifs is 3. The average Bonchev–Trinajstić information content (AvgIpc) is 3.69. The molecule has 67 heavy (non-hydrogen) atoms. The third-order valence-electron chi connectivity index (χ3n) is 12.1. The van der Waals surface area contributed by atoms with E-state index in [1.807, 2.05) is 70.5 Å². The standard InChI is InChI=1S/C37H41F2N7O3.C5H11NS.C4H9NO.C2H4O.C2H6/c1-22(2)29(21-47)34-18-30(42-49-34)33-19-40-35-16-23(6-12-44(33)35)26-15-24-5-4-10-45(32(24)17-27(26)36(38)39)37-28-20-43(3)11-7-31(28)46(41-37)25-8-13-48-14-9-25;1-6-3-2-5-4-7-5;1-2-3-5-4-6;1-2-3;1-2/h6,12,15-19,21-22,25,29,36H,4-5,7-11,13-14,20H2,1-3H3;5-6H,2-4H2,1H3;4H,2-3H2,1H3,(H,5,6);2H,1H3;1-2H3. The van der Waals surface area contributed by atoms with Gasteiger partial charge in [0.15, 0.2) is 5.82 Å². The van der Waals surface area contributed by atoms with Gasteiger partial charge in [0.1, 0.15) is 29.7 Å². The molecule has 4 aliphatic heterocycles. The second-order valence-electron chi connectivity index (χ2n) is 17.1. The summed E-state index contributed by atoms with van der Waals surface area (Å²) in [4.78, 5) is 39.0. The molecule has 5 aromatic rings. The minimum Gasteiger partial charge on any atom is -0.381 e. The Kier molecular flexibility index (Phi) is 21.0. The Bertz CT molecular complexity index is 2320. The molecule has 8 heterocycles. The highest BCUT2D eigenvalue weighted by Gasteiger charge is 2.33. The minimum absolute atomic E-state index is 0.00800. The van der Waals surface area contributed by atoms with Crippen molar-refractivity contribution in [3.63, 3.8) is 0 Å². The number of likely N-dealkylation sites (N-methyl/N-ethyl adjacent to an activating group) is 1. The number of nitrogens with one attached hydrogen (secondary N) is 2. The fourth-order valence-corrected chi connectivity index (χ4v) is 9.10. The molecule has 0 saturated carbocycles. The number of carbonyl (C=O) groups excluding carboxylic acids is 3. The Morgan fingerprint density at radius 3 is 2.40 bits per heavy atom. The van der Waals surface area contributed by atoms with E-state index in [9.17, 15) is 18.4 Å². The number of nitrogens with zero attached hydrogens (tertiary/aromatic N) is 7. The Labute approximate surface area is 398 Å². The highest BCUT2D eigenvalue weighted by molar-refractivity contribution is 8.06. The van der Waals surface area contributed by atoms with Crippen molar-refractivity contribution in [2.24, 2.45) is 5.92 Å². The summed E-state index contributed by atoms with van der Waals surface area (Å²) in [5.74, 6) is 2.48. The lowest BCUT2D eigenvalue weighted by Crippen LogP contribution is -2.30. The summed E-state index contributed by atoms with van der Waals surface area (Å²) in [5.41, 5.74) is 7.35. The summed E-state index contributed by atoms with van der Waals surface area (Å²) in [6.07, 6.45) is 10.0. The van der Waals surface area contributed by atoms with Crippen LogP contribution >= 0.6 is 11.8 Å². The number of imidazole rings is 1. The van der Waals surface area contributed by atoms with Gasteiger partial charge >= 0.3 is 0 Å². The quantitative estimate of drug-likeness (QED) is 0.0620. The molecular formula is C50H71F2N9O5S. The van der Waals surface area contributed by atoms with Crippen LogP contribution in [0.25, 0.3) is 28.2 Å². The predicted octanol–water partition coefficient (Wildman–Crippen LogP) is 9.24. The first-order chi connectivity index (χ1) is 32.6. The zero-order valence-corrected chi connectivity index (χ0v) is 41.4. The van der Waals surface area contributed by atoms with E-state index in [4.69, 9.17) is 19.2 Å². The molecule has 2 fully saturated rings. The largest absolute Gasteiger partial charge is 0.381 e. The van der Waals surface area contributed by atoms with Gasteiger partial charge in [-0.05, 0) is 113 Å². The number of hydrogen-bond acceptors (Lipinski definition) is 12. The molecule has 1 amide bonds. The number of ether oxygens (including phenoxy) is 1. The third-order valence-corrected chi connectivity index (χ3v) is 13.1. The van der Waals surface area contributed by atoms with Crippen LogP contribution in [0.1, 0.15) is 120 Å². The van der Waals surface area contributed by atoms with Crippen LogP contribution in [0.15, 0.2) is 47.2 Å². The second-order valence-corrected chi connectivity index (χ2v) is 18.4. The molecule has 0 radical (unpaired) electrons. The molecule has 17 heteroatoms. The molecule has 2 saturated heterocycles. The summed E-state index contributed by atoms with van der Waals surface area (Å²) in [7, 11) is 4.13. The van der Waals surface area contributed by atoms with E-state index in [2.05, 4.69) is 54.1 Å². The number of alkyl halides is 2. The lowest BCUT2D eigenvalue weighted by molar-refractivity contribution is -0.110. The van der Waals surface area contributed by atoms with Gasteiger partial charge in [0.25, 0.3) is 6.43 Å². The maximum absolute atomic E-state index is 15.0. The van der Waals surface area contributed by atoms with E-state index in [1.165, 1.54) is 36.9 Å².